The molecule has 0 spiro atoms. The van der Waals surface area contributed by atoms with E-state index in [9.17, 15) is 4.79 Å². The quantitative estimate of drug-likeness (QED) is 0.891. The Labute approximate surface area is 136 Å². The fourth-order valence-electron chi connectivity index (χ4n) is 2.99. The van der Waals surface area contributed by atoms with Crippen molar-refractivity contribution in [3.8, 4) is 0 Å². The number of nitrogens with zero attached hydrogens (tertiary/aromatic N) is 2. The van der Waals surface area contributed by atoms with Crippen LogP contribution in [0.1, 0.15) is 30.1 Å². The number of nitrogens with one attached hydrogen (secondary N) is 1. The molecule has 5 heteroatoms. The summed E-state index contributed by atoms with van der Waals surface area (Å²) in [6, 6.07) is 10.2. The lowest BCUT2D eigenvalue weighted by Gasteiger charge is -2.19. The van der Waals surface area contributed by atoms with E-state index in [4.69, 9.17) is 4.74 Å². The number of carbonyl (C=O) groups is 1. The van der Waals surface area contributed by atoms with Gasteiger partial charge in [0.1, 0.15) is 0 Å². The van der Waals surface area contributed by atoms with Gasteiger partial charge in [-0.1, -0.05) is 30.3 Å². The van der Waals surface area contributed by atoms with E-state index in [2.05, 4.69) is 22.5 Å². The molecule has 0 aliphatic carbocycles. The molecule has 1 aromatic heterocycles. The largest absolute Gasteiger partial charge is 0.373 e. The second-order valence-corrected chi connectivity index (χ2v) is 6.09. The van der Waals surface area contributed by atoms with Crippen molar-refractivity contribution in [3.63, 3.8) is 0 Å². The average Bonchev–Trinajstić information content (AvgIpc) is 3.20. The Morgan fingerprint density at radius 2 is 2.22 bits per heavy atom. The van der Waals surface area contributed by atoms with Gasteiger partial charge in [-0.2, -0.15) is 5.10 Å². The van der Waals surface area contributed by atoms with Gasteiger partial charge >= 0.3 is 0 Å². The SMILES string of the molecule is Cc1cnn(CCC(=O)NC[C@H]2CCO[C@@H]2c2ccccc2)c1. The number of aryl methyl sites for hydroxylation is 2. The molecule has 5 nitrogen and oxygen atoms in total. The van der Waals surface area contributed by atoms with Crippen molar-refractivity contribution in [2.24, 2.45) is 5.92 Å². The van der Waals surface area contributed by atoms with E-state index in [1.165, 1.54) is 5.56 Å². The van der Waals surface area contributed by atoms with Gasteiger partial charge in [0.15, 0.2) is 0 Å². The summed E-state index contributed by atoms with van der Waals surface area (Å²) in [6.45, 7) is 4.03. The maximum atomic E-state index is 12.0. The molecule has 1 N–H and O–H groups in total. The van der Waals surface area contributed by atoms with E-state index < -0.39 is 0 Å². The van der Waals surface area contributed by atoms with Crippen LogP contribution in [0.15, 0.2) is 42.7 Å². The second kappa shape index (κ2) is 7.42. The number of aromatic nitrogens is 2. The molecule has 1 fully saturated rings. The lowest BCUT2D eigenvalue weighted by atomic mass is 9.95. The van der Waals surface area contributed by atoms with Crippen LogP contribution in [0.25, 0.3) is 0 Å². The summed E-state index contributed by atoms with van der Waals surface area (Å²) in [5.41, 5.74) is 2.30. The van der Waals surface area contributed by atoms with Gasteiger partial charge in [-0.05, 0) is 24.5 Å². The van der Waals surface area contributed by atoms with Gasteiger partial charge in [0.05, 0.1) is 12.3 Å². The Balaban J connectivity index is 1.46. The Kier molecular flexibility index (Phi) is 5.08. The van der Waals surface area contributed by atoms with Crippen LogP contribution in [0.2, 0.25) is 0 Å². The summed E-state index contributed by atoms with van der Waals surface area (Å²) in [5, 5.41) is 7.24. The van der Waals surface area contributed by atoms with Crippen molar-refractivity contribution < 1.29 is 9.53 Å². The third kappa shape index (κ3) is 4.20. The molecule has 23 heavy (non-hydrogen) atoms. The third-order valence-electron chi connectivity index (χ3n) is 4.23. The van der Waals surface area contributed by atoms with Crippen LogP contribution in [-0.2, 0) is 16.1 Å². The maximum absolute atomic E-state index is 12.0. The Bertz CT molecular complexity index is 639. The molecular formula is C18H23N3O2. The highest BCUT2D eigenvalue weighted by atomic mass is 16.5. The standard InChI is InChI=1S/C18H23N3O2/c1-14-11-20-21(13-14)9-7-17(22)19-12-16-8-10-23-18(16)15-5-3-2-4-6-15/h2-6,11,13,16,18H,7-10,12H2,1H3,(H,19,22)/t16-,18-/m1/s1. The van der Waals surface area contributed by atoms with Crippen LogP contribution >= 0.6 is 0 Å². The van der Waals surface area contributed by atoms with E-state index in [1.807, 2.05) is 31.3 Å². The molecule has 0 saturated carbocycles. The molecule has 0 unspecified atom stereocenters. The summed E-state index contributed by atoms with van der Waals surface area (Å²) in [7, 11) is 0. The Morgan fingerprint density at radius 1 is 1.39 bits per heavy atom. The second-order valence-electron chi connectivity index (χ2n) is 6.09. The van der Waals surface area contributed by atoms with Gasteiger partial charge in [0.25, 0.3) is 0 Å². The first-order valence-corrected chi connectivity index (χ1v) is 8.14. The molecule has 0 bridgehead atoms. The van der Waals surface area contributed by atoms with Crippen LogP contribution in [0.5, 0.6) is 0 Å². The van der Waals surface area contributed by atoms with Crippen LogP contribution in [0, 0.1) is 12.8 Å². The lowest BCUT2D eigenvalue weighted by molar-refractivity contribution is -0.121. The fraction of sp³-hybridized carbons (Fsp3) is 0.444. The van der Waals surface area contributed by atoms with Crippen LogP contribution in [0.4, 0.5) is 0 Å². The molecule has 2 heterocycles. The zero-order chi connectivity index (χ0) is 16.1. The highest BCUT2D eigenvalue weighted by Gasteiger charge is 2.29. The highest BCUT2D eigenvalue weighted by molar-refractivity contribution is 5.75. The average molecular weight is 313 g/mol. The van der Waals surface area contributed by atoms with Crippen molar-refractivity contribution in [1.29, 1.82) is 0 Å². The highest BCUT2D eigenvalue weighted by Crippen LogP contribution is 2.33. The first-order valence-electron chi connectivity index (χ1n) is 8.14. The fourth-order valence-corrected chi connectivity index (χ4v) is 2.99. The molecule has 3 rings (SSSR count). The molecule has 1 saturated heterocycles. The maximum Gasteiger partial charge on any atom is 0.221 e. The summed E-state index contributed by atoms with van der Waals surface area (Å²) in [6.07, 6.45) is 5.27. The first kappa shape index (κ1) is 15.7. The predicted molar refractivity (Wildman–Crippen MR) is 87.8 cm³/mol. The van der Waals surface area contributed by atoms with Crippen molar-refractivity contribution >= 4 is 5.91 Å². The minimum atomic E-state index is 0.0665. The van der Waals surface area contributed by atoms with E-state index in [-0.39, 0.29) is 12.0 Å². The molecule has 1 amide bonds. The minimum absolute atomic E-state index is 0.0665. The number of benzene rings is 1. The van der Waals surface area contributed by atoms with Gasteiger partial charge in [-0.3, -0.25) is 9.48 Å². The van der Waals surface area contributed by atoms with Gasteiger partial charge in [0.2, 0.25) is 5.91 Å². The Hall–Kier alpha value is -2.14. The number of carbonyl (C=O) groups excluding carboxylic acids is 1. The number of ether oxygens (including phenoxy) is 1. The zero-order valence-electron chi connectivity index (χ0n) is 13.4. The molecule has 1 aromatic carbocycles. The molecule has 0 radical (unpaired) electrons. The number of hydrogen-bond acceptors (Lipinski definition) is 3. The van der Waals surface area contributed by atoms with Gasteiger partial charge < -0.3 is 10.1 Å². The van der Waals surface area contributed by atoms with Crippen molar-refractivity contribution in [3.05, 3.63) is 53.9 Å². The van der Waals surface area contributed by atoms with E-state index >= 15 is 0 Å². The van der Waals surface area contributed by atoms with Crippen molar-refractivity contribution in [2.45, 2.75) is 32.4 Å². The molecule has 1 aliphatic rings. The van der Waals surface area contributed by atoms with Crippen molar-refractivity contribution in [2.75, 3.05) is 13.2 Å². The van der Waals surface area contributed by atoms with Crippen LogP contribution in [0.3, 0.4) is 0 Å². The van der Waals surface area contributed by atoms with Gasteiger partial charge in [-0.15, -0.1) is 0 Å². The number of hydrogen-bond donors (Lipinski definition) is 1. The summed E-state index contributed by atoms with van der Waals surface area (Å²) < 4.78 is 7.66. The van der Waals surface area contributed by atoms with Crippen LogP contribution < -0.4 is 5.32 Å². The number of rotatable bonds is 6. The lowest BCUT2D eigenvalue weighted by Crippen LogP contribution is -2.31. The third-order valence-corrected chi connectivity index (χ3v) is 4.23. The monoisotopic (exact) mass is 313 g/mol. The topological polar surface area (TPSA) is 56.2 Å². The summed E-state index contributed by atoms with van der Waals surface area (Å²) in [4.78, 5) is 12.0. The van der Waals surface area contributed by atoms with E-state index in [0.29, 0.717) is 25.4 Å². The van der Waals surface area contributed by atoms with E-state index in [0.717, 1.165) is 18.6 Å². The zero-order valence-corrected chi connectivity index (χ0v) is 13.4. The summed E-state index contributed by atoms with van der Waals surface area (Å²) >= 11 is 0. The molecule has 2 aromatic rings. The number of amides is 1. The molecule has 2 atom stereocenters. The smallest absolute Gasteiger partial charge is 0.221 e. The van der Waals surface area contributed by atoms with Gasteiger partial charge in [0, 0.05) is 38.2 Å². The molecule has 122 valence electrons. The van der Waals surface area contributed by atoms with Crippen molar-refractivity contribution in [1.82, 2.24) is 15.1 Å². The summed E-state index contributed by atoms with van der Waals surface area (Å²) in [5.74, 6) is 0.408. The molecule has 1 aliphatic heterocycles. The Morgan fingerprint density at radius 3 is 2.96 bits per heavy atom. The molecular weight excluding hydrogens is 290 g/mol. The minimum Gasteiger partial charge on any atom is -0.373 e. The first-order chi connectivity index (χ1) is 11.2. The van der Waals surface area contributed by atoms with Gasteiger partial charge in [-0.25, -0.2) is 0 Å². The predicted octanol–water partition coefficient (Wildman–Crippen LogP) is 2.48. The normalized spacial score (nSPS) is 20.6. The van der Waals surface area contributed by atoms with Crippen LogP contribution in [-0.4, -0.2) is 28.8 Å². The van der Waals surface area contributed by atoms with E-state index in [1.54, 1.807) is 10.9 Å².